The molecule has 0 amide bonds. The van der Waals surface area contributed by atoms with Crippen LogP contribution in [0.25, 0.3) is 0 Å². The maximum absolute atomic E-state index is 5.44. The van der Waals surface area contributed by atoms with Crippen molar-refractivity contribution in [1.82, 2.24) is 15.5 Å². The van der Waals surface area contributed by atoms with E-state index in [2.05, 4.69) is 27.6 Å². The van der Waals surface area contributed by atoms with Gasteiger partial charge in [-0.05, 0) is 38.6 Å². The highest BCUT2D eigenvalue weighted by Gasteiger charge is 2.19. The molecular formula is C15H19N3O. The number of methoxy groups -OCH3 is 1. The van der Waals surface area contributed by atoms with Crippen molar-refractivity contribution in [2.75, 3.05) is 14.2 Å². The van der Waals surface area contributed by atoms with Gasteiger partial charge in [0.15, 0.2) is 0 Å². The molecule has 1 unspecified atom stereocenters. The topological polar surface area (TPSA) is 47.0 Å². The minimum atomic E-state index is 0.0466. The molecule has 19 heavy (non-hydrogen) atoms. The first-order valence-electron chi connectivity index (χ1n) is 6.28. The molecule has 0 radical (unpaired) electrons. The van der Waals surface area contributed by atoms with Crippen LogP contribution in [0.3, 0.4) is 0 Å². The van der Waals surface area contributed by atoms with Crippen LogP contribution in [0.15, 0.2) is 30.3 Å². The van der Waals surface area contributed by atoms with E-state index in [0.29, 0.717) is 0 Å². The number of nitrogens with one attached hydrogen (secondary N) is 1. The van der Waals surface area contributed by atoms with Gasteiger partial charge in [-0.25, -0.2) is 0 Å². The highest BCUT2D eigenvalue weighted by molar-refractivity contribution is 5.42. The third kappa shape index (κ3) is 2.74. The van der Waals surface area contributed by atoms with E-state index in [0.717, 1.165) is 28.3 Å². The number of hydrogen-bond donors (Lipinski definition) is 1. The second-order valence-corrected chi connectivity index (χ2v) is 4.49. The summed E-state index contributed by atoms with van der Waals surface area (Å²) in [5.74, 6) is 0.871. The maximum atomic E-state index is 5.44. The Balaban J connectivity index is 2.53. The van der Waals surface area contributed by atoms with Crippen molar-refractivity contribution in [3.05, 3.63) is 52.8 Å². The van der Waals surface area contributed by atoms with Crippen LogP contribution in [0.5, 0.6) is 5.75 Å². The average molecular weight is 257 g/mol. The van der Waals surface area contributed by atoms with Gasteiger partial charge in [0, 0.05) is 5.56 Å². The zero-order valence-corrected chi connectivity index (χ0v) is 11.8. The number of nitrogens with zero attached hydrogens (tertiary/aromatic N) is 2. The van der Waals surface area contributed by atoms with Crippen molar-refractivity contribution in [2.45, 2.75) is 19.9 Å². The van der Waals surface area contributed by atoms with E-state index in [-0.39, 0.29) is 6.04 Å². The minimum absolute atomic E-state index is 0.0466. The molecule has 0 bridgehead atoms. The second kappa shape index (κ2) is 5.80. The molecule has 0 aliphatic carbocycles. The Labute approximate surface area is 113 Å². The highest BCUT2D eigenvalue weighted by Crippen LogP contribution is 2.30. The summed E-state index contributed by atoms with van der Waals surface area (Å²) >= 11 is 0. The fraction of sp³-hybridized carbons (Fsp3) is 0.333. The Morgan fingerprint density at radius 3 is 2.53 bits per heavy atom. The number of rotatable bonds is 4. The lowest BCUT2D eigenvalue weighted by atomic mass is 9.97. The summed E-state index contributed by atoms with van der Waals surface area (Å²) in [6.07, 6.45) is 0. The fourth-order valence-electron chi connectivity index (χ4n) is 2.25. The van der Waals surface area contributed by atoms with Gasteiger partial charge in [-0.1, -0.05) is 18.2 Å². The van der Waals surface area contributed by atoms with Gasteiger partial charge in [-0.15, -0.1) is 0 Å². The molecule has 100 valence electrons. The van der Waals surface area contributed by atoms with Crippen LogP contribution in [0.4, 0.5) is 0 Å². The fourth-order valence-corrected chi connectivity index (χ4v) is 2.25. The van der Waals surface area contributed by atoms with Gasteiger partial charge in [0.1, 0.15) is 5.75 Å². The van der Waals surface area contributed by atoms with Crippen LogP contribution >= 0.6 is 0 Å². The highest BCUT2D eigenvalue weighted by atomic mass is 16.5. The van der Waals surface area contributed by atoms with Crippen molar-refractivity contribution in [3.63, 3.8) is 0 Å². The van der Waals surface area contributed by atoms with Gasteiger partial charge in [-0.3, -0.25) is 0 Å². The Morgan fingerprint density at radius 1 is 1.11 bits per heavy atom. The summed E-state index contributed by atoms with van der Waals surface area (Å²) < 4.78 is 5.44. The average Bonchev–Trinajstić information content (AvgIpc) is 2.44. The Bertz CT molecular complexity index is 569. The molecular weight excluding hydrogens is 238 g/mol. The molecule has 0 aliphatic heterocycles. The third-order valence-electron chi connectivity index (χ3n) is 3.19. The van der Waals surface area contributed by atoms with Crippen molar-refractivity contribution in [1.29, 1.82) is 0 Å². The molecule has 0 saturated heterocycles. The van der Waals surface area contributed by atoms with E-state index < -0.39 is 0 Å². The molecule has 0 spiro atoms. The van der Waals surface area contributed by atoms with Crippen molar-refractivity contribution in [2.24, 2.45) is 0 Å². The lowest BCUT2D eigenvalue weighted by Crippen LogP contribution is -2.20. The van der Waals surface area contributed by atoms with Crippen LogP contribution < -0.4 is 10.1 Å². The monoisotopic (exact) mass is 257 g/mol. The molecule has 1 N–H and O–H groups in total. The van der Waals surface area contributed by atoms with E-state index in [1.165, 1.54) is 0 Å². The van der Waals surface area contributed by atoms with Crippen LogP contribution in [0.2, 0.25) is 0 Å². The molecule has 0 fully saturated rings. The molecule has 0 saturated carbocycles. The van der Waals surface area contributed by atoms with Crippen molar-refractivity contribution >= 4 is 0 Å². The molecule has 4 nitrogen and oxygen atoms in total. The van der Waals surface area contributed by atoms with Gasteiger partial charge >= 0.3 is 0 Å². The van der Waals surface area contributed by atoms with E-state index in [4.69, 9.17) is 4.74 Å². The predicted molar refractivity (Wildman–Crippen MR) is 75.4 cm³/mol. The quantitative estimate of drug-likeness (QED) is 0.913. The molecule has 2 aromatic rings. The zero-order chi connectivity index (χ0) is 13.8. The number of para-hydroxylation sites is 1. The van der Waals surface area contributed by atoms with Gasteiger partial charge in [0.2, 0.25) is 0 Å². The number of aromatic nitrogens is 2. The first-order chi connectivity index (χ1) is 9.17. The summed E-state index contributed by atoms with van der Waals surface area (Å²) in [6, 6.07) is 10.1. The Kier molecular flexibility index (Phi) is 4.12. The van der Waals surface area contributed by atoms with Crippen LogP contribution in [-0.4, -0.2) is 24.4 Å². The summed E-state index contributed by atoms with van der Waals surface area (Å²) in [6.45, 7) is 3.92. The lowest BCUT2D eigenvalue weighted by Gasteiger charge is -2.21. The minimum Gasteiger partial charge on any atom is -0.496 e. The SMILES string of the molecule is CNC(c1ccccc1OC)c1cc(C)nnc1C. The van der Waals surface area contributed by atoms with Crippen LogP contribution in [0.1, 0.15) is 28.6 Å². The summed E-state index contributed by atoms with van der Waals surface area (Å²) in [7, 11) is 3.63. The maximum Gasteiger partial charge on any atom is 0.123 e. The second-order valence-electron chi connectivity index (χ2n) is 4.49. The largest absolute Gasteiger partial charge is 0.496 e. The number of hydrogen-bond acceptors (Lipinski definition) is 4. The van der Waals surface area contributed by atoms with Gasteiger partial charge in [0.25, 0.3) is 0 Å². The molecule has 1 atom stereocenters. The molecule has 1 heterocycles. The van der Waals surface area contributed by atoms with Crippen molar-refractivity contribution < 1.29 is 4.74 Å². The molecule has 1 aromatic carbocycles. The smallest absolute Gasteiger partial charge is 0.123 e. The number of aryl methyl sites for hydroxylation is 2. The summed E-state index contributed by atoms with van der Waals surface area (Å²) in [4.78, 5) is 0. The van der Waals surface area contributed by atoms with E-state index in [1.807, 2.05) is 39.1 Å². The Morgan fingerprint density at radius 2 is 1.84 bits per heavy atom. The van der Waals surface area contributed by atoms with E-state index >= 15 is 0 Å². The van der Waals surface area contributed by atoms with E-state index in [9.17, 15) is 0 Å². The van der Waals surface area contributed by atoms with Crippen LogP contribution in [-0.2, 0) is 0 Å². The van der Waals surface area contributed by atoms with Crippen LogP contribution in [0, 0.1) is 13.8 Å². The van der Waals surface area contributed by atoms with Crippen molar-refractivity contribution in [3.8, 4) is 5.75 Å². The van der Waals surface area contributed by atoms with Gasteiger partial charge < -0.3 is 10.1 Å². The van der Waals surface area contributed by atoms with Gasteiger partial charge in [-0.2, -0.15) is 10.2 Å². The third-order valence-corrected chi connectivity index (χ3v) is 3.19. The predicted octanol–water partition coefficient (Wildman–Crippen LogP) is 2.41. The Hall–Kier alpha value is -1.94. The zero-order valence-electron chi connectivity index (χ0n) is 11.8. The number of ether oxygens (including phenoxy) is 1. The van der Waals surface area contributed by atoms with Gasteiger partial charge in [0.05, 0.1) is 24.5 Å². The molecule has 2 rings (SSSR count). The van der Waals surface area contributed by atoms with E-state index in [1.54, 1.807) is 7.11 Å². The first kappa shape index (κ1) is 13.5. The molecule has 0 aliphatic rings. The number of benzene rings is 1. The lowest BCUT2D eigenvalue weighted by molar-refractivity contribution is 0.405. The summed E-state index contributed by atoms with van der Waals surface area (Å²) in [5.41, 5.74) is 4.06. The molecule has 4 heteroatoms. The summed E-state index contributed by atoms with van der Waals surface area (Å²) in [5, 5.41) is 11.6. The standard InChI is InChI=1S/C15H19N3O/c1-10-9-13(11(2)18-17-10)15(16-3)12-7-5-6-8-14(12)19-4/h5-9,15-16H,1-4H3. The molecule has 1 aromatic heterocycles. The first-order valence-corrected chi connectivity index (χ1v) is 6.28. The normalized spacial score (nSPS) is 12.2.